The van der Waals surface area contributed by atoms with Gasteiger partial charge in [-0.3, -0.25) is 4.79 Å². The number of carbonyl (C=O) groups excluding carboxylic acids is 2. The summed E-state index contributed by atoms with van der Waals surface area (Å²) in [6.07, 6.45) is 2.19. The first-order valence-electron chi connectivity index (χ1n) is 9.63. The summed E-state index contributed by atoms with van der Waals surface area (Å²) >= 11 is 13.3. The number of fused-ring (bicyclic) bond motifs is 1. The number of halogens is 2. The number of ether oxygens (including phenoxy) is 1. The normalized spacial score (nSPS) is 24.3. The molecule has 150 valence electrons. The number of alkyl halides is 2. The Labute approximate surface area is 180 Å². The first kappa shape index (κ1) is 20.0. The summed E-state index contributed by atoms with van der Waals surface area (Å²) in [4.78, 5) is 27.4. The summed E-state index contributed by atoms with van der Waals surface area (Å²) in [5.41, 5.74) is 2.03. The molecule has 2 aliphatic rings. The minimum absolute atomic E-state index is 0.226. The summed E-state index contributed by atoms with van der Waals surface area (Å²) in [5, 5.41) is 0. The van der Waals surface area contributed by atoms with Crippen molar-refractivity contribution in [2.45, 2.75) is 23.7 Å². The molecule has 1 saturated carbocycles. The molecule has 1 fully saturated rings. The number of amides is 1. The zero-order chi connectivity index (χ0) is 20.6. The summed E-state index contributed by atoms with van der Waals surface area (Å²) in [7, 11) is 0. The van der Waals surface area contributed by atoms with Crippen LogP contribution in [0.15, 0.2) is 72.4 Å². The van der Waals surface area contributed by atoms with Gasteiger partial charge in [-0.2, -0.15) is 0 Å². The molecule has 6 heteroatoms. The van der Waals surface area contributed by atoms with Gasteiger partial charge in [0.15, 0.2) is 0 Å². The Morgan fingerprint density at radius 3 is 2.28 bits per heavy atom. The van der Waals surface area contributed by atoms with E-state index in [9.17, 15) is 9.59 Å². The van der Waals surface area contributed by atoms with Crippen LogP contribution in [0, 0.1) is 11.8 Å². The first-order valence-corrected chi connectivity index (χ1v) is 10.4. The average molecular weight is 430 g/mol. The number of esters is 1. The predicted molar refractivity (Wildman–Crippen MR) is 113 cm³/mol. The van der Waals surface area contributed by atoms with Crippen molar-refractivity contribution in [2.75, 3.05) is 6.61 Å². The van der Waals surface area contributed by atoms with Gasteiger partial charge in [0.1, 0.15) is 4.33 Å². The van der Waals surface area contributed by atoms with Crippen molar-refractivity contribution in [3.8, 4) is 0 Å². The number of hydrogen-bond donors (Lipinski definition) is 0. The van der Waals surface area contributed by atoms with E-state index in [4.69, 9.17) is 27.9 Å². The second-order valence-corrected chi connectivity index (χ2v) is 8.77. The van der Waals surface area contributed by atoms with Gasteiger partial charge in [-0.05, 0) is 31.0 Å². The third-order valence-corrected chi connectivity index (χ3v) is 6.50. The van der Waals surface area contributed by atoms with E-state index < -0.39 is 10.3 Å². The van der Waals surface area contributed by atoms with Crippen molar-refractivity contribution >= 4 is 35.1 Å². The molecule has 0 N–H and O–H groups in total. The lowest BCUT2D eigenvalue weighted by molar-refractivity contribution is -0.139. The Morgan fingerprint density at radius 2 is 1.66 bits per heavy atom. The van der Waals surface area contributed by atoms with Gasteiger partial charge in [-0.25, -0.2) is 4.79 Å². The van der Waals surface area contributed by atoms with Gasteiger partial charge in [-0.1, -0.05) is 71.7 Å². The molecular weight excluding hydrogens is 409 g/mol. The molecule has 4 nitrogen and oxygen atoms in total. The summed E-state index contributed by atoms with van der Waals surface area (Å²) in [5.74, 6) is -1.14. The molecule has 1 amide bonds. The van der Waals surface area contributed by atoms with Gasteiger partial charge in [0.2, 0.25) is 0 Å². The highest BCUT2D eigenvalue weighted by Gasteiger charge is 2.71. The lowest BCUT2D eigenvalue weighted by atomic mass is 9.85. The Balaban J connectivity index is 1.73. The van der Waals surface area contributed by atoms with E-state index in [-0.39, 0.29) is 30.4 Å². The van der Waals surface area contributed by atoms with Crippen LogP contribution in [0.3, 0.4) is 0 Å². The monoisotopic (exact) mass is 429 g/mol. The largest absolute Gasteiger partial charge is 0.463 e. The average Bonchev–Trinajstić information content (AvgIpc) is 3.31. The van der Waals surface area contributed by atoms with Crippen molar-refractivity contribution in [2.24, 2.45) is 11.8 Å². The fraction of sp³-hybridized carbons (Fsp3) is 0.304. The zero-order valence-electron chi connectivity index (χ0n) is 15.9. The van der Waals surface area contributed by atoms with Gasteiger partial charge >= 0.3 is 5.97 Å². The standard InChI is InChI=1S/C23H21Cl2NO3/c1-2-29-22(28)18-14-26(21(27)16-11-7-4-8-12-16)20-19(23(20,24)25)17(18)13-15-9-5-3-6-10-15/h3-12,14,17,19-20H,2,13H2,1H3. The lowest BCUT2D eigenvalue weighted by Gasteiger charge is -2.29. The molecule has 29 heavy (non-hydrogen) atoms. The maximum Gasteiger partial charge on any atom is 0.335 e. The Kier molecular flexibility index (Phi) is 5.41. The minimum Gasteiger partial charge on any atom is -0.463 e. The summed E-state index contributed by atoms with van der Waals surface area (Å²) < 4.78 is 4.17. The fourth-order valence-corrected chi connectivity index (χ4v) is 5.04. The molecule has 0 spiro atoms. The van der Waals surface area contributed by atoms with Crippen LogP contribution in [0.1, 0.15) is 22.8 Å². The van der Waals surface area contributed by atoms with E-state index >= 15 is 0 Å². The van der Waals surface area contributed by atoms with Gasteiger partial charge in [0, 0.05) is 23.6 Å². The number of rotatable bonds is 5. The summed E-state index contributed by atoms with van der Waals surface area (Å²) in [6, 6.07) is 18.4. The number of benzene rings is 2. The topological polar surface area (TPSA) is 46.6 Å². The Morgan fingerprint density at radius 1 is 1.03 bits per heavy atom. The number of carbonyl (C=O) groups is 2. The van der Waals surface area contributed by atoms with E-state index in [0.29, 0.717) is 17.6 Å². The van der Waals surface area contributed by atoms with Gasteiger partial charge in [-0.15, -0.1) is 0 Å². The third-order valence-electron chi connectivity index (χ3n) is 5.55. The maximum atomic E-state index is 13.1. The molecule has 2 aromatic carbocycles. The Bertz CT molecular complexity index is 943. The number of nitrogens with zero attached hydrogens (tertiary/aromatic N) is 1. The quantitative estimate of drug-likeness (QED) is 0.514. The van der Waals surface area contributed by atoms with Crippen LogP contribution in [0.4, 0.5) is 0 Å². The highest BCUT2D eigenvalue weighted by molar-refractivity contribution is 6.52. The molecule has 0 aromatic heterocycles. The SMILES string of the molecule is CCOC(=O)C1=CN(C(=O)c2ccccc2)C2C(C1Cc1ccccc1)C2(Cl)Cl. The molecule has 1 aliphatic heterocycles. The minimum atomic E-state index is -1.12. The third kappa shape index (κ3) is 3.67. The van der Waals surface area contributed by atoms with Crippen molar-refractivity contribution in [1.82, 2.24) is 4.90 Å². The molecule has 3 unspecified atom stereocenters. The zero-order valence-corrected chi connectivity index (χ0v) is 17.4. The Hall–Kier alpha value is -2.30. The highest BCUT2D eigenvalue weighted by Crippen LogP contribution is 2.63. The van der Waals surface area contributed by atoms with Crippen LogP contribution in [0.5, 0.6) is 0 Å². The van der Waals surface area contributed by atoms with Crippen LogP contribution in [-0.2, 0) is 16.0 Å². The van der Waals surface area contributed by atoms with Crippen LogP contribution in [0.25, 0.3) is 0 Å². The summed E-state index contributed by atoms with van der Waals surface area (Å²) in [6.45, 7) is 2.01. The maximum absolute atomic E-state index is 13.1. The number of hydrogen-bond acceptors (Lipinski definition) is 3. The van der Waals surface area contributed by atoms with Gasteiger partial charge < -0.3 is 9.64 Å². The van der Waals surface area contributed by atoms with Crippen molar-refractivity contribution < 1.29 is 14.3 Å². The van der Waals surface area contributed by atoms with Crippen molar-refractivity contribution in [3.63, 3.8) is 0 Å². The molecule has 3 atom stereocenters. The van der Waals surface area contributed by atoms with E-state index in [2.05, 4.69) is 0 Å². The second-order valence-electron chi connectivity index (χ2n) is 7.32. The molecular formula is C23H21Cl2NO3. The highest BCUT2D eigenvalue weighted by atomic mass is 35.5. The van der Waals surface area contributed by atoms with E-state index in [1.165, 1.54) is 4.90 Å². The van der Waals surface area contributed by atoms with Crippen LogP contribution < -0.4 is 0 Å². The van der Waals surface area contributed by atoms with Crippen LogP contribution in [0.2, 0.25) is 0 Å². The van der Waals surface area contributed by atoms with E-state index in [1.54, 1.807) is 37.4 Å². The van der Waals surface area contributed by atoms with Gasteiger partial charge in [0.25, 0.3) is 5.91 Å². The molecule has 0 radical (unpaired) electrons. The van der Waals surface area contributed by atoms with Crippen LogP contribution in [-0.4, -0.2) is 33.8 Å². The van der Waals surface area contributed by atoms with Crippen molar-refractivity contribution in [1.29, 1.82) is 0 Å². The second kappa shape index (κ2) is 7.85. The molecule has 0 bridgehead atoms. The molecule has 0 saturated heterocycles. The predicted octanol–water partition coefficient (Wildman–Crippen LogP) is 4.62. The van der Waals surface area contributed by atoms with E-state index in [1.807, 2.05) is 36.4 Å². The van der Waals surface area contributed by atoms with Gasteiger partial charge in [0.05, 0.1) is 18.2 Å². The molecule has 2 aromatic rings. The molecule has 4 rings (SSSR count). The molecule has 1 aliphatic carbocycles. The smallest absolute Gasteiger partial charge is 0.335 e. The first-order chi connectivity index (χ1) is 13.9. The van der Waals surface area contributed by atoms with Crippen LogP contribution >= 0.6 is 23.2 Å². The fourth-order valence-electron chi connectivity index (χ4n) is 4.14. The molecule has 1 heterocycles. The lowest BCUT2D eigenvalue weighted by Crippen LogP contribution is -2.37. The van der Waals surface area contributed by atoms with E-state index in [0.717, 1.165) is 5.56 Å². The van der Waals surface area contributed by atoms with Crippen molar-refractivity contribution in [3.05, 3.63) is 83.6 Å².